The van der Waals surface area contributed by atoms with Crippen molar-refractivity contribution in [2.24, 2.45) is 5.90 Å². The van der Waals surface area contributed by atoms with Crippen molar-refractivity contribution in [3.63, 3.8) is 0 Å². The van der Waals surface area contributed by atoms with Crippen LogP contribution in [-0.2, 0) is 9.73 Å². The van der Waals surface area contributed by atoms with Crippen molar-refractivity contribution >= 4 is 0 Å². The highest BCUT2D eigenvalue weighted by molar-refractivity contribution is 4.78. The summed E-state index contributed by atoms with van der Waals surface area (Å²) in [6, 6.07) is 0. The number of rotatable bonds is 3. The second kappa shape index (κ2) is 3.60. The molecule has 0 unspecified atom stereocenters. The van der Waals surface area contributed by atoms with Gasteiger partial charge in [-0.2, -0.15) is 0 Å². The molecule has 0 amide bonds. The van der Waals surface area contributed by atoms with Crippen molar-refractivity contribution < 1.29 is 15.0 Å². The molecule has 0 radical (unpaired) electrons. The lowest BCUT2D eigenvalue weighted by Crippen LogP contribution is -2.03. The lowest BCUT2D eigenvalue weighted by molar-refractivity contribution is -0.210. The average molecular weight is 105 g/mol. The van der Waals surface area contributed by atoms with E-state index in [1.54, 1.807) is 0 Å². The Balaban J connectivity index is 3.00. The minimum atomic E-state index is 0.0104. The molecule has 0 fully saturated rings. The van der Waals surface area contributed by atoms with Crippen LogP contribution in [0.3, 0.4) is 0 Å². The lowest BCUT2D eigenvalue weighted by Gasteiger charge is -1.95. The molecule has 0 spiro atoms. The Labute approximate surface area is 41.0 Å². The maximum Gasteiger partial charge on any atom is 0.162 e. The van der Waals surface area contributed by atoms with Crippen LogP contribution in [-0.4, -0.2) is 11.9 Å². The van der Waals surface area contributed by atoms with Crippen molar-refractivity contribution in [3.05, 3.63) is 12.3 Å². The van der Waals surface area contributed by atoms with E-state index in [9.17, 15) is 0 Å². The topological polar surface area (TPSA) is 64.7 Å². The van der Waals surface area contributed by atoms with Crippen LogP contribution in [0, 0.1) is 0 Å². The fourth-order valence-electron chi connectivity index (χ4n) is 0.119. The molecule has 0 aliphatic carbocycles. The third-order valence-corrected chi connectivity index (χ3v) is 0.373. The fourth-order valence-corrected chi connectivity index (χ4v) is 0.119. The van der Waals surface area contributed by atoms with Gasteiger partial charge in [-0.1, -0.05) is 6.58 Å². The van der Waals surface area contributed by atoms with Gasteiger partial charge in [0, 0.05) is 0 Å². The Morgan fingerprint density at radius 1 is 1.86 bits per heavy atom. The SMILES string of the molecule is C=C(CON)OO. The summed E-state index contributed by atoms with van der Waals surface area (Å²) in [5, 5.41) is 7.73. The molecule has 0 aromatic rings. The molecular weight excluding hydrogens is 98.0 g/mol. The van der Waals surface area contributed by atoms with Crippen LogP contribution >= 0.6 is 0 Å². The zero-order valence-corrected chi connectivity index (χ0v) is 3.76. The van der Waals surface area contributed by atoms with Crippen molar-refractivity contribution in [3.8, 4) is 0 Å². The van der Waals surface area contributed by atoms with E-state index >= 15 is 0 Å². The van der Waals surface area contributed by atoms with Crippen molar-refractivity contribution in [1.29, 1.82) is 0 Å². The number of hydrogen-bond acceptors (Lipinski definition) is 4. The van der Waals surface area contributed by atoms with E-state index in [1.807, 2.05) is 0 Å². The molecule has 0 saturated carbocycles. The molecule has 0 aliphatic rings. The summed E-state index contributed by atoms with van der Waals surface area (Å²) >= 11 is 0. The molecule has 3 N–H and O–H groups in total. The fraction of sp³-hybridized carbons (Fsp3) is 0.333. The van der Waals surface area contributed by atoms with Gasteiger partial charge in [-0.3, -0.25) is 4.84 Å². The Bertz CT molecular complexity index is 63.2. The first-order chi connectivity index (χ1) is 3.31. The minimum Gasteiger partial charge on any atom is -0.343 e. The molecule has 0 atom stereocenters. The maximum absolute atomic E-state index is 7.73. The van der Waals surface area contributed by atoms with E-state index in [-0.39, 0.29) is 12.4 Å². The molecule has 0 rings (SSSR count). The molecule has 0 aromatic heterocycles. The second-order valence-electron chi connectivity index (χ2n) is 0.941. The van der Waals surface area contributed by atoms with Crippen molar-refractivity contribution in [2.45, 2.75) is 0 Å². The molecule has 0 aromatic carbocycles. The Kier molecular flexibility index (Phi) is 3.31. The average Bonchev–Trinajstić information content (AvgIpc) is 1.68. The van der Waals surface area contributed by atoms with Gasteiger partial charge in [0.15, 0.2) is 5.76 Å². The van der Waals surface area contributed by atoms with Gasteiger partial charge in [0.2, 0.25) is 0 Å². The molecular formula is C3H7NO3. The van der Waals surface area contributed by atoms with E-state index in [4.69, 9.17) is 5.26 Å². The summed E-state index contributed by atoms with van der Waals surface area (Å²) in [6.45, 7) is 3.20. The Morgan fingerprint density at radius 3 is 2.57 bits per heavy atom. The standard InChI is InChI=1S/C3H7NO3/c1-3(7-5)2-6-4/h5H,1-2,4H2. The summed E-state index contributed by atoms with van der Waals surface area (Å²) in [4.78, 5) is 7.60. The molecule has 0 aliphatic heterocycles. The second-order valence-corrected chi connectivity index (χ2v) is 0.941. The number of nitrogens with two attached hydrogens (primary N) is 1. The smallest absolute Gasteiger partial charge is 0.162 e. The molecule has 4 nitrogen and oxygen atoms in total. The van der Waals surface area contributed by atoms with Gasteiger partial charge in [0.1, 0.15) is 6.61 Å². The van der Waals surface area contributed by atoms with E-state index < -0.39 is 0 Å². The molecule has 7 heavy (non-hydrogen) atoms. The number of hydrogen-bond donors (Lipinski definition) is 2. The van der Waals surface area contributed by atoms with Gasteiger partial charge in [-0.15, -0.1) is 0 Å². The maximum atomic E-state index is 7.73. The van der Waals surface area contributed by atoms with Crippen molar-refractivity contribution in [2.75, 3.05) is 6.61 Å². The Hall–Kier alpha value is -0.580. The predicted molar refractivity (Wildman–Crippen MR) is 23.0 cm³/mol. The first-order valence-electron chi connectivity index (χ1n) is 1.62. The van der Waals surface area contributed by atoms with Crippen LogP contribution in [0.25, 0.3) is 0 Å². The van der Waals surface area contributed by atoms with Gasteiger partial charge in [0.05, 0.1) is 0 Å². The highest BCUT2D eigenvalue weighted by atomic mass is 17.1. The molecule has 0 heterocycles. The van der Waals surface area contributed by atoms with E-state index in [0.29, 0.717) is 0 Å². The summed E-state index contributed by atoms with van der Waals surface area (Å²) in [5.41, 5.74) is 0. The summed E-state index contributed by atoms with van der Waals surface area (Å²) in [5.74, 6) is 4.64. The van der Waals surface area contributed by atoms with Crippen LogP contribution in [0.4, 0.5) is 0 Å². The van der Waals surface area contributed by atoms with Gasteiger partial charge >= 0.3 is 0 Å². The first kappa shape index (κ1) is 6.42. The van der Waals surface area contributed by atoms with Crippen LogP contribution < -0.4 is 5.90 Å². The summed E-state index contributed by atoms with van der Waals surface area (Å²) in [6.07, 6.45) is 0. The monoisotopic (exact) mass is 105 g/mol. The molecule has 4 heteroatoms. The van der Waals surface area contributed by atoms with Crippen LogP contribution in [0.1, 0.15) is 0 Å². The summed E-state index contributed by atoms with van der Waals surface area (Å²) < 4.78 is 0. The molecule has 42 valence electrons. The normalized spacial score (nSPS) is 8.29. The van der Waals surface area contributed by atoms with Gasteiger partial charge in [0.25, 0.3) is 0 Å². The third-order valence-electron chi connectivity index (χ3n) is 0.373. The first-order valence-corrected chi connectivity index (χ1v) is 1.62. The van der Waals surface area contributed by atoms with Crippen LogP contribution in [0.5, 0.6) is 0 Å². The van der Waals surface area contributed by atoms with E-state index in [1.165, 1.54) is 0 Å². The highest BCUT2D eigenvalue weighted by Gasteiger charge is 1.87. The van der Waals surface area contributed by atoms with Gasteiger partial charge < -0.3 is 4.89 Å². The van der Waals surface area contributed by atoms with Crippen LogP contribution in [0.2, 0.25) is 0 Å². The van der Waals surface area contributed by atoms with Crippen molar-refractivity contribution in [1.82, 2.24) is 0 Å². The summed E-state index contributed by atoms with van der Waals surface area (Å²) in [7, 11) is 0. The third kappa shape index (κ3) is 3.24. The van der Waals surface area contributed by atoms with Gasteiger partial charge in [-0.25, -0.2) is 11.2 Å². The molecule has 0 saturated heterocycles. The minimum absolute atomic E-state index is 0.0104. The zero-order valence-electron chi connectivity index (χ0n) is 3.76. The zero-order chi connectivity index (χ0) is 5.70. The molecule has 0 bridgehead atoms. The van der Waals surface area contributed by atoms with E-state index in [0.717, 1.165) is 0 Å². The Morgan fingerprint density at radius 2 is 2.43 bits per heavy atom. The van der Waals surface area contributed by atoms with Gasteiger partial charge in [-0.05, 0) is 0 Å². The predicted octanol–water partition coefficient (Wildman–Crippen LogP) is -0.120. The quantitative estimate of drug-likeness (QED) is 0.298. The van der Waals surface area contributed by atoms with Crippen LogP contribution in [0.15, 0.2) is 12.3 Å². The highest BCUT2D eigenvalue weighted by Crippen LogP contribution is 1.85. The van der Waals surface area contributed by atoms with E-state index in [2.05, 4.69) is 22.2 Å². The lowest BCUT2D eigenvalue weighted by atomic mass is 10.6. The largest absolute Gasteiger partial charge is 0.343 e.